The van der Waals surface area contributed by atoms with Gasteiger partial charge in [-0.25, -0.2) is 18.4 Å². The van der Waals surface area contributed by atoms with E-state index in [0.717, 1.165) is 0 Å². The number of anilines is 1. The lowest BCUT2D eigenvalue weighted by atomic mass is 10.1. The number of amides is 2. The van der Waals surface area contributed by atoms with E-state index < -0.39 is 27.8 Å². The molecule has 200 valence electrons. The second-order valence-corrected chi connectivity index (χ2v) is 10.5. The molecular formula is C27H30N4O6S. The van der Waals surface area contributed by atoms with Crippen molar-refractivity contribution in [3.05, 3.63) is 83.9 Å². The highest BCUT2D eigenvalue weighted by Gasteiger charge is 2.23. The first-order chi connectivity index (χ1) is 18.0. The van der Waals surface area contributed by atoms with Crippen molar-refractivity contribution in [2.75, 3.05) is 19.1 Å². The smallest absolute Gasteiger partial charge is 0.337 e. The third-order valence-corrected chi connectivity index (χ3v) is 6.47. The van der Waals surface area contributed by atoms with E-state index in [4.69, 9.17) is 9.88 Å². The van der Waals surface area contributed by atoms with Crippen molar-refractivity contribution in [1.29, 1.82) is 0 Å². The number of hydrazine groups is 1. The molecule has 10 nitrogen and oxygen atoms in total. The molecule has 0 aliphatic heterocycles. The fourth-order valence-electron chi connectivity index (χ4n) is 3.81. The summed E-state index contributed by atoms with van der Waals surface area (Å²) in [6.45, 7) is 4.31. The minimum absolute atomic E-state index is 0.00183. The van der Waals surface area contributed by atoms with E-state index in [2.05, 4.69) is 10.9 Å². The Bertz CT molecular complexity index is 1420. The van der Waals surface area contributed by atoms with Crippen molar-refractivity contribution in [2.45, 2.75) is 25.3 Å². The summed E-state index contributed by atoms with van der Waals surface area (Å²) >= 11 is 0. The van der Waals surface area contributed by atoms with Gasteiger partial charge >= 0.3 is 17.8 Å². The molecule has 11 heteroatoms. The van der Waals surface area contributed by atoms with Crippen molar-refractivity contribution < 1.29 is 27.5 Å². The van der Waals surface area contributed by atoms with Crippen molar-refractivity contribution in [1.82, 2.24) is 10.3 Å². The topological polar surface area (TPSA) is 148 Å². The van der Waals surface area contributed by atoms with E-state index in [0.29, 0.717) is 34.5 Å². The lowest BCUT2D eigenvalue weighted by Crippen LogP contribution is -2.45. The number of esters is 1. The summed E-state index contributed by atoms with van der Waals surface area (Å²) in [5, 5.41) is 5.32. The van der Waals surface area contributed by atoms with Crippen LogP contribution in [0.15, 0.2) is 77.7 Å². The van der Waals surface area contributed by atoms with Crippen molar-refractivity contribution in [3.8, 4) is 11.1 Å². The van der Waals surface area contributed by atoms with Crippen LogP contribution in [0, 0.1) is 5.92 Å². The van der Waals surface area contributed by atoms with Gasteiger partial charge in [-0.05, 0) is 47.4 Å². The van der Waals surface area contributed by atoms with Crippen LogP contribution in [0.25, 0.3) is 11.1 Å². The predicted molar refractivity (Wildman–Crippen MR) is 143 cm³/mol. The molecular weight excluding hydrogens is 508 g/mol. The first-order valence-corrected chi connectivity index (χ1v) is 13.3. The molecule has 38 heavy (non-hydrogen) atoms. The number of nitrogens with two attached hydrogens (primary N) is 1. The van der Waals surface area contributed by atoms with E-state index in [1.165, 1.54) is 18.1 Å². The highest BCUT2D eigenvalue weighted by Crippen LogP contribution is 2.27. The summed E-state index contributed by atoms with van der Waals surface area (Å²) in [5.74, 6) is -2.00. The third-order valence-electron chi connectivity index (χ3n) is 5.50. The molecule has 0 saturated heterocycles. The van der Waals surface area contributed by atoms with E-state index in [1.54, 1.807) is 66.7 Å². The third kappa shape index (κ3) is 7.40. The van der Waals surface area contributed by atoms with Crippen LogP contribution >= 0.6 is 0 Å². The standard InChI is InChI=1S/C27H30N4O6S/c1-18(2)16-31(17-19-7-6-8-21(15-19)27(34)37-3)26(33)25(32)30-29-22-13-11-20(12-14-22)23-9-4-5-10-24(23)38(28,35)36/h4-15,18,29H,16-17H2,1-3H3,(H,30,32)(H2,28,35,36). The summed E-state index contributed by atoms with van der Waals surface area (Å²) in [4.78, 5) is 38.9. The Morgan fingerprint density at radius 1 is 0.974 bits per heavy atom. The summed E-state index contributed by atoms with van der Waals surface area (Å²) < 4.78 is 28.5. The zero-order valence-electron chi connectivity index (χ0n) is 21.3. The summed E-state index contributed by atoms with van der Waals surface area (Å²) in [6.07, 6.45) is 0. The number of hydrogen-bond donors (Lipinski definition) is 3. The van der Waals surface area contributed by atoms with Crippen molar-refractivity contribution >= 4 is 33.5 Å². The van der Waals surface area contributed by atoms with Gasteiger partial charge in [-0.2, -0.15) is 0 Å². The van der Waals surface area contributed by atoms with Gasteiger partial charge in [-0.3, -0.25) is 20.4 Å². The van der Waals surface area contributed by atoms with E-state index in [9.17, 15) is 22.8 Å². The Balaban J connectivity index is 1.69. The van der Waals surface area contributed by atoms with Crippen LogP contribution in [-0.4, -0.2) is 44.8 Å². The number of rotatable bonds is 9. The number of nitrogens with zero attached hydrogens (tertiary/aromatic N) is 1. The molecule has 0 atom stereocenters. The van der Waals surface area contributed by atoms with Crippen LogP contribution in [0.4, 0.5) is 5.69 Å². The van der Waals surface area contributed by atoms with Gasteiger partial charge in [0.1, 0.15) is 0 Å². The molecule has 3 rings (SSSR count). The molecule has 0 heterocycles. The van der Waals surface area contributed by atoms with Gasteiger partial charge in [0.15, 0.2) is 0 Å². The van der Waals surface area contributed by atoms with Crippen LogP contribution in [-0.2, 0) is 30.9 Å². The Hall–Kier alpha value is -4.22. The molecule has 0 fully saturated rings. The normalized spacial score (nSPS) is 11.1. The van der Waals surface area contributed by atoms with Crippen molar-refractivity contribution in [2.24, 2.45) is 11.1 Å². The average molecular weight is 539 g/mol. The maximum Gasteiger partial charge on any atom is 0.337 e. The minimum Gasteiger partial charge on any atom is -0.465 e. The molecule has 0 aromatic heterocycles. The molecule has 0 unspecified atom stereocenters. The summed E-state index contributed by atoms with van der Waals surface area (Å²) in [6, 6.07) is 19.6. The van der Waals surface area contributed by atoms with Gasteiger partial charge in [0.05, 0.1) is 23.3 Å². The Morgan fingerprint density at radius 3 is 2.29 bits per heavy atom. The number of ether oxygens (including phenoxy) is 1. The zero-order chi connectivity index (χ0) is 27.9. The zero-order valence-corrected chi connectivity index (χ0v) is 22.1. The number of hydrogen-bond acceptors (Lipinski definition) is 7. The maximum absolute atomic E-state index is 13.0. The molecule has 0 spiro atoms. The molecule has 0 saturated carbocycles. The van der Waals surface area contributed by atoms with E-state index in [1.807, 2.05) is 13.8 Å². The predicted octanol–water partition coefficient (Wildman–Crippen LogP) is 2.92. The number of sulfonamides is 1. The molecule has 3 aromatic carbocycles. The highest BCUT2D eigenvalue weighted by molar-refractivity contribution is 7.89. The molecule has 3 aromatic rings. The van der Waals surface area contributed by atoms with Gasteiger partial charge in [-0.1, -0.05) is 56.3 Å². The van der Waals surface area contributed by atoms with Gasteiger partial charge in [-0.15, -0.1) is 0 Å². The summed E-state index contributed by atoms with van der Waals surface area (Å²) in [5.41, 5.74) is 7.66. The first kappa shape index (κ1) is 28.4. The Morgan fingerprint density at radius 2 is 1.66 bits per heavy atom. The number of primary sulfonamides is 1. The maximum atomic E-state index is 13.0. The average Bonchev–Trinajstić information content (AvgIpc) is 2.90. The van der Waals surface area contributed by atoms with Gasteiger partial charge in [0.25, 0.3) is 0 Å². The van der Waals surface area contributed by atoms with Crippen LogP contribution in [0.1, 0.15) is 29.8 Å². The largest absolute Gasteiger partial charge is 0.465 e. The molecule has 2 amide bonds. The van der Waals surface area contributed by atoms with Gasteiger partial charge in [0.2, 0.25) is 10.0 Å². The van der Waals surface area contributed by atoms with Crippen LogP contribution in [0.2, 0.25) is 0 Å². The fraction of sp³-hybridized carbons (Fsp3) is 0.222. The fourth-order valence-corrected chi connectivity index (χ4v) is 4.57. The second kappa shape index (κ2) is 12.3. The lowest BCUT2D eigenvalue weighted by molar-refractivity contribution is -0.146. The summed E-state index contributed by atoms with van der Waals surface area (Å²) in [7, 11) is -2.62. The molecule has 0 aliphatic rings. The molecule has 0 bridgehead atoms. The second-order valence-electron chi connectivity index (χ2n) is 8.97. The van der Waals surface area contributed by atoms with Crippen LogP contribution < -0.4 is 16.0 Å². The number of carbonyl (C=O) groups is 3. The monoisotopic (exact) mass is 538 g/mol. The van der Waals surface area contributed by atoms with Gasteiger partial charge < -0.3 is 9.64 Å². The first-order valence-electron chi connectivity index (χ1n) is 11.7. The van der Waals surface area contributed by atoms with E-state index in [-0.39, 0.29) is 17.4 Å². The SMILES string of the molecule is COC(=O)c1cccc(CN(CC(C)C)C(=O)C(=O)NNc2ccc(-c3ccccc3S(N)(=O)=O)cc2)c1. The van der Waals surface area contributed by atoms with Crippen LogP contribution in [0.3, 0.4) is 0 Å². The number of nitrogens with one attached hydrogen (secondary N) is 2. The lowest BCUT2D eigenvalue weighted by Gasteiger charge is -2.24. The molecule has 0 radical (unpaired) electrons. The Labute approximate surface area is 221 Å². The van der Waals surface area contributed by atoms with E-state index >= 15 is 0 Å². The minimum atomic E-state index is -3.91. The number of methoxy groups -OCH3 is 1. The quantitative estimate of drug-likeness (QED) is 0.216. The Kier molecular flexibility index (Phi) is 9.21. The number of benzene rings is 3. The number of carbonyl (C=O) groups excluding carboxylic acids is 3. The van der Waals surface area contributed by atoms with Crippen molar-refractivity contribution in [3.63, 3.8) is 0 Å². The molecule has 4 N–H and O–H groups in total. The molecule has 0 aliphatic carbocycles. The van der Waals surface area contributed by atoms with Gasteiger partial charge in [0, 0.05) is 18.7 Å². The van der Waals surface area contributed by atoms with Crippen LogP contribution in [0.5, 0.6) is 0 Å². The highest BCUT2D eigenvalue weighted by atomic mass is 32.2.